The normalized spacial score (nSPS) is 19.1. The third kappa shape index (κ3) is 2.76. The van der Waals surface area contributed by atoms with Gasteiger partial charge in [0.15, 0.2) is 0 Å². The summed E-state index contributed by atoms with van der Waals surface area (Å²) in [5.41, 5.74) is 0.565. The van der Waals surface area contributed by atoms with Gasteiger partial charge in [-0.2, -0.15) is 0 Å². The first-order chi connectivity index (χ1) is 10.6. The molecular formula is C16H11F2NOS2. The summed E-state index contributed by atoms with van der Waals surface area (Å²) in [4.78, 5) is 12.1. The number of benzene rings is 2. The lowest BCUT2D eigenvalue weighted by Crippen LogP contribution is -2.30. The van der Waals surface area contributed by atoms with Crippen molar-refractivity contribution in [2.45, 2.75) is 11.2 Å². The number of amides is 1. The maximum atomic E-state index is 14.3. The van der Waals surface area contributed by atoms with Crippen LogP contribution in [0, 0.1) is 11.6 Å². The molecule has 1 amide bonds. The van der Waals surface area contributed by atoms with Crippen molar-refractivity contribution >= 4 is 34.2 Å². The highest BCUT2D eigenvalue weighted by Gasteiger charge is 2.40. The number of carbonyl (C=O) groups excluding carboxylic acids is 1. The third-order valence-corrected chi connectivity index (χ3v) is 4.94. The summed E-state index contributed by atoms with van der Waals surface area (Å²) in [5, 5.41) is 1.84. The van der Waals surface area contributed by atoms with Gasteiger partial charge in [-0.1, -0.05) is 60.4 Å². The number of thioether (sulfide) groups is 1. The van der Waals surface area contributed by atoms with Gasteiger partial charge in [-0.05, 0) is 17.7 Å². The molecule has 0 aromatic heterocycles. The summed E-state index contributed by atoms with van der Waals surface area (Å²) in [5.74, 6) is -2.40. The van der Waals surface area contributed by atoms with E-state index < -0.39 is 22.8 Å². The Kier molecular flexibility index (Phi) is 4.22. The van der Waals surface area contributed by atoms with Crippen LogP contribution < -0.4 is 5.32 Å². The summed E-state index contributed by atoms with van der Waals surface area (Å²) >= 11 is 6.13. The predicted octanol–water partition coefficient (Wildman–Crippen LogP) is 3.61. The standard InChI is InChI=1S/C16H11F2NOS2/c17-10-7-4-8-11(18)13(10)12(9-5-2-1-3-6-9)14-15(20)19-16(21)22-14/h1-8,12,14H,(H,19,20,21). The third-order valence-electron chi connectivity index (χ3n) is 3.49. The Morgan fingerprint density at radius 1 is 1.05 bits per heavy atom. The van der Waals surface area contributed by atoms with Crippen molar-refractivity contribution in [3.63, 3.8) is 0 Å². The van der Waals surface area contributed by atoms with Crippen LogP contribution in [0.1, 0.15) is 17.0 Å². The quantitative estimate of drug-likeness (QED) is 0.869. The Bertz CT molecular complexity index is 716. The Balaban J connectivity index is 2.16. The van der Waals surface area contributed by atoms with Crippen LogP contribution in [0.25, 0.3) is 0 Å². The zero-order valence-electron chi connectivity index (χ0n) is 11.3. The number of hydrogen-bond donors (Lipinski definition) is 1. The monoisotopic (exact) mass is 335 g/mol. The number of carbonyl (C=O) groups is 1. The molecule has 3 rings (SSSR count). The van der Waals surface area contributed by atoms with Crippen LogP contribution in [0.5, 0.6) is 0 Å². The largest absolute Gasteiger partial charge is 0.311 e. The van der Waals surface area contributed by atoms with Crippen LogP contribution in [0.2, 0.25) is 0 Å². The van der Waals surface area contributed by atoms with E-state index in [9.17, 15) is 13.6 Å². The molecule has 6 heteroatoms. The van der Waals surface area contributed by atoms with Crippen molar-refractivity contribution in [1.82, 2.24) is 5.32 Å². The number of rotatable bonds is 3. The molecule has 0 bridgehead atoms. The summed E-state index contributed by atoms with van der Waals surface area (Å²) in [6.07, 6.45) is 0. The van der Waals surface area contributed by atoms with E-state index in [0.717, 1.165) is 11.8 Å². The molecule has 2 atom stereocenters. The fourth-order valence-electron chi connectivity index (χ4n) is 2.55. The van der Waals surface area contributed by atoms with Crippen LogP contribution in [-0.4, -0.2) is 15.5 Å². The van der Waals surface area contributed by atoms with Gasteiger partial charge < -0.3 is 5.32 Å². The van der Waals surface area contributed by atoms with Gasteiger partial charge in [0.2, 0.25) is 5.91 Å². The van der Waals surface area contributed by atoms with Crippen LogP contribution in [0.4, 0.5) is 8.78 Å². The van der Waals surface area contributed by atoms with Gasteiger partial charge in [0.25, 0.3) is 0 Å². The molecule has 2 nitrogen and oxygen atoms in total. The van der Waals surface area contributed by atoms with E-state index in [2.05, 4.69) is 5.32 Å². The molecule has 1 aliphatic heterocycles. The SMILES string of the molecule is O=C1NC(=S)SC1C(c1ccccc1)c1c(F)cccc1F. The molecule has 1 heterocycles. The molecule has 2 aromatic rings. The molecule has 1 aliphatic rings. The van der Waals surface area contributed by atoms with Gasteiger partial charge in [0, 0.05) is 11.5 Å². The fourth-order valence-corrected chi connectivity index (χ4v) is 3.95. The van der Waals surface area contributed by atoms with Crippen LogP contribution in [0.15, 0.2) is 48.5 Å². The summed E-state index contributed by atoms with van der Waals surface area (Å²) in [6.45, 7) is 0. The zero-order valence-corrected chi connectivity index (χ0v) is 12.9. The first-order valence-electron chi connectivity index (χ1n) is 6.58. The number of nitrogens with one attached hydrogen (secondary N) is 1. The van der Waals surface area contributed by atoms with Crippen LogP contribution >= 0.6 is 24.0 Å². The first-order valence-corrected chi connectivity index (χ1v) is 7.87. The average molecular weight is 335 g/mol. The Morgan fingerprint density at radius 2 is 1.68 bits per heavy atom. The van der Waals surface area contributed by atoms with Crippen molar-refractivity contribution in [2.24, 2.45) is 0 Å². The van der Waals surface area contributed by atoms with E-state index in [1.54, 1.807) is 24.3 Å². The minimum Gasteiger partial charge on any atom is -0.311 e. The summed E-state index contributed by atoms with van der Waals surface area (Å²) in [6, 6.07) is 12.6. The van der Waals surface area contributed by atoms with Crippen molar-refractivity contribution in [3.8, 4) is 0 Å². The van der Waals surface area contributed by atoms with E-state index in [1.807, 2.05) is 6.07 Å². The van der Waals surface area contributed by atoms with Crippen molar-refractivity contribution in [1.29, 1.82) is 0 Å². The lowest BCUT2D eigenvalue weighted by atomic mass is 9.87. The van der Waals surface area contributed by atoms with E-state index in [1.165, 1.54) is 18.2 Å². The molecule has 1 N–H and O–H groups in total. The van der Waals surface area contributed by atoms with Gasteiger partial charge in [0.1, 0.15) is 21.2 Å². The van der Waals surface area contributed by atoms with Crippen molar-refractivity contribution in [2.75, 3.05) is 0 Å². The molecule has 1 saturated heterocycles. The second-order valence-electron chi connectivity index (χ2n) is 4.84. The average Bonchev–Trinajstić information content (AvgIpc) is 2.82. The van der Waals surface area contributed by atoms with Crippen LogP contribution in [0.3, 0.4) is 0 Å². The van der Waals surface area contributed by atoms with Gasteiger partial charge in [-0.25, -0.2) is 8.78 Å². The molecule has 2 aromatic carbocycles. The second kappa shape index (κ2) is 6.14. The van der Waals surface area contributed by atoms with E-state index in [4.69, 9.17) is 12.2 Å². The number of thiocarbonyl (C=S) groups is 1. The maximum Gasteiger partial charge on any atom is 0.239 e. The molecule has 0 saturated carbocycles. The topological polar surface area (TPSA) is 29.1 Å². The summed E-state index contributed by atoms with van der Waals surface area (Å²) < 4.78 is 28.8. The minimum atomic E-state index is -0.743. The lowest BCUT2D eigenvalue weighted by molar-refractivity contribution is -0.119. The molecular weight excluding hydrogens is 324 g/mol. The van der Waals surface area contributed by atoms with E-state index in [0.29, 0.717) is 9.88 Å². The number of hydrogen-bond acceptors (Lipinski definition) is 3. The Morgan fingerprint density at radius 3 is 2.23 bits per heavy atom. The second-order valence-corrected chi connectivity index (χ2v) is 6.66. The smallest absolute Gasteiger partial charge is 0.239 e. The molecule has 112 valence electrons. The molecule has 0 radical (unpaired) electrons. The Hall–Kier alpha value is -1.79. The number of halogens is 2. The highest BCUT2D eigenvalue weighted by atomic mass is 32.2. The molecule has 0 aliphatic carbocycles. The van der Waals surface area contributed by atoms with Crippen LogP contribution in [-0.2, 0) is 4.79 Å². The van der Waals surface area contributed by atoms with Gasteiger partial charge >= 0.3 is 0 Å². The fraction of sp³-hybridized carbons (Fsp3) is 0.125. The van der Waals surface area contributed by atoms with Crippen molar-refractivity contribution in [3.05, 3.63) is 71.3 Å². The maximum absolute atomic E-state index is 14.3. The van der Waals surface area contributed by atoms with E-state index >= 15 is 0 Å². The highest BCUT2D eigenvalue weighted by Crippen LogP contribution is 2.39. The van der Waals surface area contributed by atoms with Crippen molar-refractivity contribution < 1.29 is 13.6 Å². The molecule has 22 heavy (non-hydrogen) atoms. The molecule has 0 spiro atoms. The van der Waals surface area contributed by atoms with Gasteiger partial charge in [-0.3, -0.25) is 4.79 Å². The predicted molar refractivity (Wildman–Crippen MR) is 86.8 cm³/mol. The summed E-state index contributed by atoms with van der Waals surface area (Å²) in [7, 11) is 0. The van der Waals surface area contributed by atoms with Gasteiger partial charge in [0.05, 0.1) is 0 Å². The van der Waals surface area contributed by atoms with E-state index in [-0.39, 0.29) is 11.5 Å². The minimum absolute atomic E-state index is 0.106. The lowest BCUT2D eigenvalue weighted by Gasteiger charge is -2.22. The highest BCUT2D eigenvalue weighted by molar-refractivity contribution is 8.24. The Labute approximate surface area is 135 Å². The first kappa shape index (κ1) is 15.1. The zero-order chi connectivity index (χ0) is 15.7. The van der Waals surface area contributed by atoms with Gasteiger partial charge in [-0.15, -0.1) is 0 Å². The molecule has 2 unspecified atom stereocenters. The molecule has 1 fully saturated rings.